The van der Waals surface area contributed by atoms with E-state index in [1.54, 1.807) is 18.2 Å². The first kappa shape index (κ1) is 17.1. The van der Waals surface area contributed by atoms with Gasteiger partial charge in [0.2, 0.25) is 5.91 Å². The van der Waals surface area contributed by atoms with Crippen molar-refractivity contribution in [3.05, 3.63) is 40.9 Å². The normalized spacial score (nSPS) is 11.0. The fourth-order valence-electron chi connectivity index (χ4n) is 1.84. The molecule has 1 aromatic heterocycles. The summed E-state index contributed by atoms with van der Waals surface area (Å²) in [5.41, 5.74) is 5.46. The molecule has 1 heterocycles. The minimum absolute atomic E-state index is 0. The SMILES string of the molecule is CC(C)(CN)NC(=O)Cn1cnc2ccccc2c1=O.Cl. The summed E-state index contributed by atoms with van der Waals surface area (Å²) >= 11 is 0. The minimum Gasteiger partial charge on any atom is -0.348 e. The molecule has 0 bridgehead atoms. The van der Waals surface area contributed by atoms with Crippen molar-refractivity contribution in [2.24, 2.45) is 5.73 Å². The summed E-state index contributed by atoms with van der Waals surface area (Å²) in [6.45, 7) is 3.91. The lowest BCUT2D eigenvalue weighted by Gasteiger charge is -2.24. The first-order valence-electron chi connectivity index (χ1n) is 6.38. The molecule has 0 radical (unpaired) electrons. The minimum atomic E-state index is -0.495. The van der Waals surface area contributed by atoms with Gasteiger partial charge in [-0.2, -0.15) is 0 Å². The van der Waals surface area contributed by atoms with E-state index in [1.165, 1.54) is 10.9 Å². The molecule has 2 rings (SSSR count). The molecule has 0 unspecified atom stereocenters. The molecule has 6 nitrogen and oxygen atoms in total. The Labute approximate surface area is 128 Å². The Kier molecular flexibility index (Phi) is 5.46. The maximum atomic E-state index is 12.2. The van der Waals surface area contributed by atoms with Crippen molar-refractivity contribution < 1.29 is 4.79 Å². The van der Waals surface area contributed by atoms with Gasteiger partial charge in [-0.25, -0.2) is 4.98 Å². The number of carbonyl (C=O) groups is 1. The predicted octanol–water partition coefficient (Wildman–Crippen LogP) is 0.672. The lowest BCUT2D eigenvalue weighted by Crippen LogP contribution is -2.50. The van der Waals surface area contributed by atoms with Gasteiger partial charge < -0.3 is 11.1 Å². The van der Waals surface area contributed by atoms with E-state index in [9.17, 15) is 9.59 Å². The van der Waals surface area contributed by atoms with Crippen molar-refractivity contribution in [2.75, 3.05) is 6.54 Å². The molecule has 0 saturated carbocycles. The number of aromatic nitrogens is 2. The highest BCUT2D eigenvalue weighted by molar-refractivity contribution is 5.85. The molecule has 21 heavy (non-hydrogen) atoms. The Morgan fingerprint density at radius 3 is 2.71 bits per heavy atom. The molecule has 3 N–H and O–H groups in total. The number of hydrogen-bond donors (Lipinski definition) is 2. The van der Waals surface area contributed by atoms with Crippen LogP contribution in [-0.4, -0.2) is 27.5 Å². The Hall–Kier alpha value is -1.92. The molecule has 0 atom stereocenters. The molecule has 0 spiro atoms. The van der Waals surface area contributed by atoms with E-state index in [0.29, 0.717) is 17.4 Å². The monoisotopic (exact) mass is 310 g/mol. The standard InChI is InChI=1S/C14H18N4O2.ClH/c1-14(2,8-15)17-12(19)7-18-9-16-11-6-4-3-5-10(11)13(18)20;/h3-6,9H,7-8,15H2,1-2H3,(H,17,19);1H. The molecule has 0 aliphatic rings. The molecule has 0 fully saturated rings. The van der Waals surface area contributed by atoms with Crippen LogP contribution in [-0.2, 0) is 11.3 Å². The third-order valence-corrected chi connectivity index (χ3v) is 3.03. The van der Waals surface area contributed by atoms with E-state index < -0.39 is 5.54 Å². The van der Waals surface area contributed by atoms with Crippen molar-refractivity contribution in [3.8, 4) is 0 Å². The maximum absolute atomic E-state index is 12.2. The number of nitrogens with one attached hydrogen (secondary N) is 1. The topological polar surface area (TPSA) is 90.0 Å². The number of carbonyl (C=O) groups excluding carboxylic acids is 1. The van der Waals surface area contributed by atoms with Crippen LogP contribution in [0.1, 0.15) is 13.8 Å². The lowest BCUT2D eigenvalue weighted by atomic mass is 10.1. The molecule has 114 valence electrons. The van der Waals surface area contributed by atoms with E-state index in [2.05, 4.69) is 10.3 Å². The van der Waals surface area contributed by atoms with E-state index in [4.69, 9.17) is 5.73 Å². The first-order chi connectivity index (χ1) is 9.43. The summed E-state index contributed by atoms with van der Waals surface area (Å²) < 4.78 is 1.30. The molecule has 7 heteroatoms. The second-order valence-corrected chi connectivity index (χ2v) is 5.33. The van der Waals surface area contributed by atoms with Gasteiger partial charge in [-0.3, -0.25) is 14.2 Å². The molecular formula is C14H19ClN4O2. The van der Waals surface area contributed by atoms with Crippen LogP contribution in [0.2, 0.25) is 0 Å². The van der Waals surface area contributed by atoms with Crippen LogP contribution in [0.5, 0.6) is 0 Å². The zero-order valence-electron chi connectivity index (χ0n) is 12.0. The summed E-state index contributed by atoms with van der Waals surface area (Å²) in [6, 6.07) is 7.05. The van der Waals surface area contributed by atoms with Crippen molar-refractivity contribution in [3.63, 3.8) is 0 Å². The number of amides is 1. The number of rotatable bonds is 4. The first-order valence-corrected chi connectivity index (χ1v) is 6.38. The molecule has 0 aliphatic heterocycles. The van der Waals surface area contributed by atoms with Gasteiger partial charge in [-0.05, 0) is 26.0 Å². The van der Waals surface area contributed by atoms with Gasteiger partial charge >= 0.3 is 0 Å². The molecule has 0 saturated heterocycles. The maximum Gasteiger partial charge on any atom is 0.261 e. The summed E-state index contributed by atoms with van der Waals surface area (Å²) in [4.78, 5) is 28.3. The summed E-state index contributed by atoms with van der Waals surface area (Å²) in [5.74, 6) is -0.264. The quantitative estimate of drug-likeness (QED) is 0.868. The van der Waals surface area contributed by atoms with Gasteiger partial charge in [-0.15, -0.1) is 12.4 Å². The Balaban J connectivity index is 0.00000220. The van der Waals surface area contributed by atoms with Gasteiger partial charge in [0.05, 0.1) is 17.2 Å². The van der Waals surface area contributed by atoms with Crippen LogP contribution in [0.3, 0.4) is 0 Å². The van der Waals surface area contributed by atoms with Crippen molar-refractivity contribution >= 4 is 29.2 Å². The van der Waals surface area contributed by atoms with Crippen LogP contribution < -0.4 is 16.6 Å². The van der Waals surface area contributed by atoms with Gasteiger partial charge in [0.1, 0.15) is 6.54 Å². The Bertz CT molecular complexity index is 697. The Morgan fingerprint density at radius 2 is 2.05 bits per heavy atom. The molecule has 0 aliphatic carbocycles. The number of nitrogens with two attached hydrogens (primary N) is 1. The summed E-state index contributed by atoms with van der Waals surface area (Å²) in [7, 11) is 0. The smallest absolute Gasteiger partial charge is 0.261 e. The summed E-state index contributed by atoms with van der Waals surface area (Å²) in [6.07, 6.45) is 1.39. The number of fused-ring (bicyclic) bond motifs is 1. The van der Waals surface area contributed by atoms with E-state index in [1.807, 2.05) is 19.9 Å². The number of halogens is 1. The highest BCUT2D eigenvalue weighted by Crippen LogP contribution is 2.04. The average Bonchev–Trinajstić information content (AvgIpc) is 2.42. The molecule has 1 amide bonds. The Morgan fingerprint density at radius 1 is 1.38 bits per heavy atom. The summed E-state index contributed by atoms with van der Waals surface area (Å²) in [5, 5.41) is 3.28. The molecule has 1 aromatic carbocycles. The zero-order chi connectivity index (χ0) is 14.8. The lowest BCUT2D eigenvalue weighted by molar-refractivity contribution is -0.123. The van der Waals surface area contributed by atoms with Crippen LogP contribution in [0.15, 0.2) is 35.4 Å². The highest BCUT2D eigenvalue weighted by atomic mass is 35.5. The number of para-hydroxylation sites is 1. The van der Waals surface area contributed by atoms with E-state index in [0.717, 1.165) is 0 Å². The van der Waals surface area contributed by atoms with Gasteiger partial charge in [-0.1, -0.05) is 12.1 Å². The highest BCUT2D eigenvalue weighted by Gasteiger charge is 2.18. The number of benzene rings is 1. The fourth-order valence-corrected chi connectivity index (χ4v) is 1.84. The van der Waals surface area contributed by atoms with Gasteiger partial charge in [0.25, 0.3) is 5.56 Å². The second kappa shape index (κ2) is 6.69. The fraction of sp³-hybridized carbons (Fsp3) is 0.357. The third-order valence-electron chi connectivity index (χ3n) is 3.03. The van der Waals surface area contributed by atoms with Crippen molar-refractivity contribution in [1.29, 1.82) is 0 Å². The number of hydrogen-bond acceptors (Lipinski definition) is 4. The number of nitrogens with zero attached hydrogens (tertiary/aromatic N) is 2. The van der Waals surface area contributed by atoms with E-state index >= 15 is 0 Å². The zero-order valence-corrected chi connectivity index (χ0v) is 12.8. The largest absolute Gasteiger partial charge is 0.348 e. The second-order valence-electron chi connectivity index (χ2n) is 5.33. The molecular weight excluding hydrogens is 292 g/mol. The van der Waals surface area contributed by atoms with Crippen LogP contribution in [0, 0.1) is 0 Å². The van der Waals surface area contributed by atoms with Crippen LogP contribution in [0.25, 0.3) is 10.9 Å². The average molecular weight is 311 g/mol. The van der Waals surface area contributed by atoms with Crippen LogP contribution in [0.4, 0.5) is 0 Å². The van der Waals surface area contributed by atoms with Gasteiger partial charge in [0, 0.05) is 12.1 Å². The van der Waals surface area contributed by atoms with Gasteiger partial charge in [0.15, 0.2) is 0 Å². The van der Waals surface area contributed by atoms with Crippen LogP contribution >= 0.6 is 12.4 Å². The van der Waals surface area contributed by atoms with Crippen molar-refractivity contribution in [1.82, 2.24) is 14.9 Å². The van der Waals surface area contributed by atoms with Crippen molar-refractivity contribution in [2.45, 2.75) is 25.9 Å². The third kappa shape index (κ3) is 4.03. The molecule has 2 aromatic rings. The van der Waals surface area contributed by atoms with E-state index in [-0.39, 0.29) is 30.4 Å². The predicted molar refractivity (Wildman–Crippen MR) is 84.5 cm³/mol.